The molecule has 0 bridgehead atoms. The third-order valence-electron chi connectivity index (χ3n) is 3.48. The van der Waals surface area contributed by atoms with Crippen LogP contribution in [0.25, 0.3) is 0 Å². The Kier molecular flexibility index (Phi) is 6.15. The molecule has 1 aliphatic heterocycles. The van der Waals surface area contributed by atoms with Gasteiger partial charge in [-0.1, -0.05) is 13.0 Å². The fourth-order valence-corrected chi connectivity index (χ4v) is 2.29. The number of nitrogens with one attached hydrogen (secondary N) is 1. The van der Waals surface area contributed by atoms with E-state index >= 15 is 0 Å². The van der Waals surface area contributed by atoms with Crippen molar-refractivity contribution in [1.82, 2.24) is 5.32 Å². The first kappa shape index (κ1) is 15.1. The number of benzene rings is 1. The quantitative estimate of drug-likeness (QED) is 0.779. The molecule has 112 valence electrons. The third kappa shape index (κ3) is 4.39. The second-order valence-electron chi connectivity index (χ2n) is 5.08. The lowest BCUT2D eigenvalue weighted by atomic mass is 10.1. The van der Waals surface area contributed by atoms with E-state index in [0.717, 1.165) is 57.1 Å². The molecule has 1 aliphatic rings. The molecule has 1 saturated heterocycles. The van der Waals surface area contributed by atoms with Gasteiger partial charge in [-0.25, -0.2) is 0 Å². The molecular formula is C16H25NO3. The summed E-state index contributed by atoms with van der Waals surface area (Å²) in [5.41, 5.74) is 1.19. The Bertz CT molecular complexity index is 403. The van der Waals surface area contributed by atoms with Crippen LogP contribution in [0.15, 0.2) is 18.2 Å². The van der Waals surface area contributed by atoms with Crippen molar-refractivity contribution < 1.29 is 14.2 Å². The highest BCUT2D eigenvalue weighted by atomic mass is 16.5. The van der Waals surface area contributed by atoms with Gasteiger partial charge in [-0.2, -0.15) is 0 Å². The van der Waals surface area contributed by atoms with Gasteiger partial charge in [-0.3, -0.25) is 0 Å². The summed E-state index contributed by atoms with van der Waals surface area (Å²) in [4.78, 5) is 0. The Balaban J connectivity index is 2.05. The number of hydrogen-bond acceptors (Lipinski definition) is 4. The van der Waals surface area contributed by atoms with E-state index in [9.17, 15) is 0 Å². The first-order chi connectivity index (χ1) is 9.83. The van der Waals surface area contributed by atoms with E-state index in [1.807, 2.05) is 12.1 Å². The molecule has 0 radical (unpaired) electrons. The standard InChI is InChI=1S/C16H25NO3/c1-3-8-17-12-13-4-5-15(18-2)11-16(13)20-14-6-9-19-10-7-14/h4-5,11,14,17H,3,6-10,12H2,1-2H3. The average molecular weight is 279 g/mol. The van der Waals surface area contributed by atoms with Crippen LogP contribution < -0.4 is 14.8 Å². The minimum Gasteiger partial charge on any atom is -0.497 e. The van der Waals surface area contributed by atoms with Crippen LogP contribution in [-0.2, 0) is 11.3 Å². The van der Waals surface area contributed by atoms with E-state index in [-0.39, 0.29) is 6.10 Å². The topological polar surface area (TPSA) is 39.7 Å². The van der Waals surface area contributed by atoms with Gasteiger partial charge in [0.25, 0.3) is 0 Å². The average Bonchev–Trinajstić information content (AvgIpc) is 2.50. The highest BCUT2D eigenvalue weighted by Gasteiger charge is 2.17. The Morgan fingerprint density at radius 1 is 1.30 bits per heavy atom. The second kappa shape index (κ2) is 8.12. The van der Waals surface area contributed by atoms with E-state index in [1.165, 1.54) is 5.56 Å². The highest BCUT2D eigenvalue weighted by Crippen LogP contribution is 2.27. The van der Waals surface area contributed by atoms with Crippen molar-refractivity contribution >= 4 is 0 Å². The van der Waals surface area contributed by atoms with Gasteiger partial charge >= 0.3 is 0 Å². The van der Waals surface area contributed by atoms with E-state index in [4.69, 9.17) is 14.2 Å². The predicted octanol–water partition coefficient (Wildman–Crippen LogP) is 2.75. The smallest absolute Gasteiger partial charge is 0.127 e. The van der Waals surface area contributed by atoms with Crippen LogP contribution in [0.5, 0.6) is 11.5 Å². The lowest BCUT2D eigenvalue weighted by Crippen LogP contribution is -2.26. The minimum absolute atomic E-state index is 0.251. The van der Waals surface area contributed by atoms with Gasteiger partial charge in [-0.15, -0.1) is 0 Å². The molecule has 0 aromatic heterocycles. The maximum Gasteiger partial charge on any atom is 0.127 e. The van der Waals surface area contributed by atoms with Gasteiger partial charge in [0, 0.05) is 31.0 Å². The Morgan fingerprint density at radius 2 is 2.10 bits per heavy atom. The lowest BCUT2D eigenvalue weighted by molar-refractivity contribution is 0.0251. The monoisotopic (exact) mass is 279 g/mol. The minimum atomic E-state index is 0.251. The molecule has 0 amide bonds. The zero-order valence-electron chi connectivity index (χ0n) is 12.5. The maximum atomic E-state index is 6.16. The Hall–Kier alpha value is -1.26. The second-order valence-corrected chi connectivity index (χ2v) is 5.08. The zero-order valence-corrected chi connectivity index (χ0v) is 12.5. The van der Waals surface area contributed by atoms with E-state index < -0.39 is 0 Å². The van der Waals surface area contributed by atoms with Crippen molar-refractivity contribution in [2.24, 2.45) is 0 Å². The van der Waals surface area contributed by atoms with Gasteiger partial charge in [-0.05, 0) is 19.0 Å². The molecule has 1 aromatic carbocycles. The van der Waals surface area contributed by atoms with Crippen molar-refractivity contribution in [1.29, 1.82) is 0 Å². The Morgan fingerprint density at radius 3 is 2.80 bits per heavy atom. The first-order valence-corrected chi connectivity index (χ1v) is 7.45. The number of methoxy groups -OCH3 is 1. The number of ether oxygens (including phenoxy) is 3. The molecule has 1 aromatic rings. The summed E-state index contributed by atoms with van der Waals surface area (Å²) < 4.78 is 16.8. The molecular weight excluding hydrogens is 254 g/mol. The summed E-state index contributed by atoms with van der Waals surface area (Å²) in [5.74, 6) is 1.77. The van der Waals surface area contributed by atoms with E-state index in [1.54, 1.807) is 7.11 Å². The molecule has 2 rings (SSSR count). The molecule has 0 aliphatic carbocycles. The van der Waals surface area contributed by atoms with Crippen LogP contribution in [0, 0.1) is 0 Å². The summed E-state index contributed by atoms with van der Waals surface area (Å²) in [6, 6.07) is 6.05. The molecule has 4 nitrogen and oxygen atoms in total. The van der Waals surface area contributed by atoms with Crippen LogP contribution >= 0.6 is 0 Å². The van der Waals surface area contributed by atoms with Crippen LogP contribution in [0.2, 0.25) is 0 Å². The molecule has 0 atom stereocenters. The summed E-state index contributed by atoms with van der Waals surface area (Å²) in [6.45, 7) is 5.59. The molecule has 4 heteroatoms. The summed E-state index contributed by atoms with van der Waals surface area (Å²) in [5, 5.41) is 3.42. The zero-order chi connectivity index (χ0) is 14.2. The molecule has 1 N–H and O–H groups in total. The van der Waals surface area contributed by atoms with Crippen LogP contribution in [-0.4, -0.2) is 33.0 Å². The maximum absolute atomic E-state index is 6.16. The normalized spacial score (nSPS) is 16.1. The third-order valence-corrected chi connectivity index (χ3v) is 3.48. The largest absolute Gasteiger partial charge is 0.497 e. The van der Waals surface area contributed by atoms with E-state index in [0.29, 0.717) is 0 Å². The van der Waals surface area contributed by atoms with Crippen molar-refractivity contribution in [3.05, 3.63) is 23.8 Å². The Labute approximate surface area is 121 Å². The van der Waals surface area contributed by atoms with Crippen LogP contribution in [0.1, 0.15) is 31.7 Å². The highest BCUT2D eigenvalue weighted by molar-refractivity contribution is 5.41. The fourth-order valence-electron chi connectivity index (χ4n) is 2.29. The van der Waals surface area contributed by atoms with Gasteiger partial charge in [0.05, 0.1) is 20.3 Å². The summed E-state index contributed by atoms with van der Waals surface area (Å²) >= 11 is 0. The van der Waals surface area contributed by atoms with Crippen LogP contribution in [0.3, 0.4) is 0 Å². The number of rotatable bonds is 7. The molecule has 1 fully saturated rings. The predicted molar refractivity (Wildman–Crippen MR) is 79.5 cm³/mol. The summed E-state index contributed by atoms with van der Waals surface area (Å²) in [7, 11) is 1.68. The molecule has 20 heavy (non-hydrogen) atoms. The van der Waals surface area contributed by atoms with Gasteiger partial charge in [0.2, 0.25) is 0 Å². The summed E-state index contributed by atoms with van der Waals surface area (Å²) in [6.07, 6.45) is 3.30. The SMILES string of the molecule is CCCNCc1ccc(OC)cc1OC1CCOCC1. The molecule has 0 spiro atoms. The van der Waals surface area contributed by atoms with Gasteiger partial charge in [0.15, 0.2) is 0 Å². The van der Waals surface area contributed by atoms with Crippen LogP contribution in [0.4, 0.5) is 0 Å². The van der Waals surface area contributed by atoms with Gasteiger partial charge < -0.3 is 19.5 Å². The fraction of sp³-hybridized carbons (Fsp3) is 0.625. The van der Waals surface area contributed by atoms with Crippen molar-refractivity contribution in [2.75, 3.05) is 26.9 Å². The number of hydrogen-bond donors (Lipinski definition) is 1. The van der Waals surface area contributed by atoms with Crippen molar-refractivity contribution in [3.8, 4) is 11.5 Å². The van der Waals surface area contributed by atoms with E-state index in [2.05, 4.69) is 18.3 Å². The molecule has 1 heterocycles. The first-order valence-electron chi connectivity index (χ1n) is 7.45. The lowest BCUT2D eigenvalue weighted by Gasteiger charge is -2.25. The molecule has 0 saturated carbocycles. The molecule has 0 unspecified atom stereocenters. The van der Waals surface area contributed by atoms with Crippen molar-refractivity contribution in [2.45, 2.75) is 38.8 Å². The van der Waals surface area contributed by atoms with Gasteiger partial charge in [0.1, 0.15) is 17.6 Å². The van der Waals surface area contributed by atoms with Crippen molar-refractivity contribution in [3.63, 3.8) is 0 Å².